The molecule has 0 aliphatic rings. The number of hydrogen-bond donors (Lipinski definition) is 1. The number of anilines is 1. The van der Waals surface area contributed by atoms with Gasteiger partial charge in [0, 0.05) is 16.5 Å². The van der Waals surface area contributed by atoms with Gasteiger partial charge in [-0.3, -0.25) is 9.00 Å². The van der Waals surface area contributed by atoms with Crippen molar-refractivity contribution in [3.8, 4) is 11.1 Å². The summed E-state index contributed by atoms with van der Waals surface area (Å²) in [5, 5.41) is 2.12. The van der Waals surface area contributed by atoms with Gasteiger partial charge >= 0.3 is 6.18 Å². The topological polar surface area (TPSA) is 69.2 Å². The van der Waals surface area contributed by atoms with E-state index >= 15 is 0 Å². The van der Waals surface area contributed by atoms with E-state index in [4.69, 9.17) is 11.6 Å². The van der Waals surface area contributed by atoms with Crippen LogP contribution in [-0.2, 0) is 34.9 Å². The molecule has 3 rings (SSSR count). The molecule has 0 aliphatic carbocycles. The molecule has 0 saturated carbocycles. The number of benzene rings is 3. The molecule has 9 heteroatoms. The molecule has 3 aromatic rings. The van der Waals surface area contributed by atoms with Crippen molar-refractivity contribution >= 4 is 34.3 Å². The summed E-state index contributed by atoms with van der Waals surface area (Å²) in [5.74, 6) is -0.130. The van der Waals surface area contributed by atoms with Crippen LogP contribution in [-0.4, -0.2) is 14.7 Å². The summed E-state index contributed by atoms with van der Waals surface area (Å²) in [6.45, 7) is 5.45. The third-order valence-electron chi connectivity index (χ3n) is 5.68. The lowest BCUT2D eigenvalue weighted by atomic mass is 9.94. The Morgan fingerprint density at radius 3 is 2.14 bits per heavy atom. The second kappa shape index (κ2) is 11.6. The standard InChI is InChI=1S/C27H27ClF3NO3S/c1-16(2)12-19-6-10-22(24(13-19)27(29,30)31)23-11-9-21(15-25(23)28)32-26(33)14-18-4-7-20(8-5-18)17(3)36(34)35/h4-11,13,15-17H,12,14H2,1-3H3,(H,32,33)(H,34,35)/p-1. The molecular weight excluding hydrogens is 511 g/mol. The molecule has 0 radical (unpaired) electrons. The van der Waals surface area contributed by atoms with Crippen LogP contribution < -0.4 is 5.32 Å². The lowest BCUT2D eigenvalue weighted by molar-refractivity contribution is -0.137. The van der Waals surface area contributed by atoms with Gasteiger partial charge in [-0.15, -0.1) is 0 Å². The normalized spacial score (nSPS) is 13.5. The average Bonchev–Trinajstić information content (AvgIpc) is 2.78. The van der Waals surface area contributed by atoms with Crippen LogP contribution >= 0.6 is 11.6 Å². The largest absolute Gasteiger partial charge is 0.772 e. The van der Waals surface area contributed by atoms with Gasteiger partial charge in [0.15, 0.2) is 0 Å². The number of halogens is 4. The molecule has 1 N–H and O–H groups in total. The van der Waals surface area contributed by atoms with Crippen LogP contribution in [0.4, 0.5) is 18.9 Å². The molecule has 4 nitrogen and oxygen atoms in total. The summed E-state index contributed by atoms with van der Waals surface area (Å²) < 4.78 is 63.7. The van der Waals surface area contributed by atoms with Crippen molar-refractivity contribution in [2.45, 2.75) is 45.0 Å². The van der Waals surface area contributed by atoms with Crippen LogP contribution in [0.1, 0.15) is 48.3 Å². The lowest BCUT2D eigenvalue weighted by Gasteiger charge is -2.17. The van der Waals surface area contributed by atoms with Gasteiger partial charge in [0.05, 0.1) is 17.0 Å². The van der Waals surface area contributed by atoms with E-state index in [1.54, 1.807) is 37.3 Å². The molecular formula is C27H26ClF3NO3S-. The first kappa shape index (κ1) is 27.9. The Morgan fingerprint density at radius 1 is 0.972 bits per heavy atom. The first-order chi connectivity index (χ1) is 16.8. The molecule has 1 amide bonds. The number of nitrogens with one attached hydrogen (secondary N) is 1. The van der Waals surface area contributed by atoms with Crippen molar-refractivity contribution in [3.05, 3.63) is 87.9 Å². The van der Waals surface area contributed by atoms with Gasteiger partial charge in [-0.05, 0) is 70.8 Å². The molecule has 0 fully saturated rings. The highest BCUT2D eigenvalue weighted by molar-refractivity contribution is 7.79. The summed E-state index contributed by atoms with van der Waals surface area (Å²) in [6.07, 6.45) is -3.99. The summed E-state index contributed by atoms with van der Waals surface area (Å²) >= 11 is 4.12. The van der Waals surface area contributed by atoms with Crippen molar-refractivity contribution in [2.24, 2.45) is 5.92 Å². The predicted molar refractivity (Wildman–Crippen MR) is 137 cm³/mol. The lowest BCUT2D eigenvalue weighted by Crippen LogP contribution is -2.14. The number of amides is 1. The first-order valence-corrected chi connectivity index (χ1v) is 12.8. The van der Waals surface area contributed by atoms with Crippen LogP contribution in [0, 0.1) is 5.92 Å². The van der Waals surface area contributed by atoms with Crippen molar-refractivity contribution in [1.82, 2.24) is 0 Å². The number of carbonyl (C=O) groups excluding carboxylic acids is 1. The minimum absolute atomic E-state index is 0.0220. The van der Waals surface area contributed by atoms with E-state index in [0.717, 1.165) is 0 Å². The maximum absolute atomic E-state index is 13.8. The van der Waals surface area contributed by atoms with E-state index in [1.807, 2.05) is 13.8 Å². The van der Waals surface area contributed by atoms with E-state index in [-0.39, 0.29) is 34.4 Å². The van der Waals surface area contributed by atoms with Crippen LogP contribution in [0.15, 0.2) is 60.7 Å². The highest BCUT2D eigenvalue weighted by atomic mass is 35.5. The summed E-state index contributed by atoms with van der Waals surface area (Å²) in [6, 6.07) is 15.3. The zero-order valence-electron chi connectivity index (χ0n) is 20.0. The Hall–Kier alpha value is -2.68. The van der Waals surface area contributed by atoms with Gasteiger partial charge < -0.3 is 9.87 Å². The van der Waals surface area contributed by atoms with Gasteiger partial charge in [-0.2, -0.15) is 13.2 Å². The van der Waals surface area contributed by atoms with Crippen molar-refractivity contribution in [2.75, 3.05) is 5.32 Å². The highest BCUT2D eigenvalue weighted by Gasteiger charge is 2.34. The van der Waals surface area contributed by atoms with Gasteiger partial charge in [-0.1, -0.05) is 67.9 Å². The van der Waals surface area contributed by atoms with Crippen LogP contribution in [0.25, 0.3) is 11.1 Å². The second-order valence-electron chi connectivity index (χ2n) is 9.04. The van der Waals surface area contributed by atoms with Gasteiger partial charge in [0.2, 0.25) is 5.91 Å². The molecule has 2 unspecified atom stereocenters. The van der Waals surface area contributed by atoms with E-state index in [9.17, 15) is 26.7 Å². The minimum atomic E-state index is -4.55. The molecule has 0 aromatic heterocycles. The zero-order chi connectivity index (χ0) is 26.6. The summed E-state index contributed by atoms with van der Waals surface area (Å²) in [7, 11) is 0. The molecule has 2 atom stereocenters. The Bertz CT molecular complexity index is 1260. The number of alkyl halides is 3. The molecule has 192 valence electrons. The monoisotopic (exact) mass is 536 g/mol. The molecule has 3 aromatic carbocycles. The number of hydrogen-bond acceptors (Lipinski definition) is 3. The number of carbonyl (C=O) groups is 1. The van der Waals surface area contributed by atoms with Gasteiger partial charge in [-0.25, -0.2) is 0 Å². The van der Waals surface area contributed by atoms with Crippen LogP contribution in [0.3, 0.4) is 0 Å². The summed E-state index contributed by atoms with van der Waals surface area (Å²) in [5.41, 5.74) is 1.70. The third kappa shape index (κ3) is 7.18. The SMILES string of the molecule is CC(C)Cc1ccc(-c2ccc(NC(=O)Cc3ccc(C(C)S(=O)[O-])cc3)cc2Cl)c(C(F)(F)F)c1. The summed E-state index contributed by atoms with van der Waals surface area (Å²) in [4.78, 5) is 12.5. The molecule has 0 bridgehead atoms. The zero-order valence-corrected chi connectivity index (χ0v) is 21.6. The second-order valence-corrected chi connectivity index (χ2v) is 10.7. The maximum Gasteiger partial charge on any atom is 0.417 e. The number of rotatable bonds is 8. The van der Waals surface area contributed by atoms with E-state index < -0.39 is 28.1 Å². The molecule has 0 spiro atoms. The average molecular weight is 537 g/mol. The Balaban J connectivity index is 1.77. The van der Waals surface area contributed by atoms with Crippen LogP contribution in [0.2, 0.25) is 5.02 Å². The van der Waals surface area contributed by atoms with Gasteiger partial charge in [0.25, 0.3) is 0 Å². The highest BCUT2D eigenvalue weighted by Crippen LogP contribution is 2.41. The Kier molecular flexibility index (Phi) is 8.98. The van der Waals surface area contributed by atoms with Crippen molar-refractivity contribution < 1.29 is 26.7 Å². The Morgan fingerprint density at radius 2 is 1.58 bits per heavy atom. The maximum atomic E-state index is 13.8. The van der Waals surface area contributed by atoms with Gasteiger partial charge in [0.1, 0.15) is 0 Å². The smallest absolute Gasteiger partial charge is 0.417 e. The van der Waals surface area contributed by atoms with Crippen molar-refractivity contribution in [3.63, 3.8) is 0 Å². The van der Waals surface area contributed by atoms with E-state index in [1.165, 1.54) is 30.3 Å². The third-order valence-corrected chi connectivity index (χ3v) is 6.84. The minimum Gasteiger partial charge on any atom is -0.772 e. The fourth-order valence-electron chi connectivity index (χ4n) is 3.88. The molecule has 36 heavy (non-hydrogen) atoms. The van der Waals surface area contributed by atoms with Crippen LogP contribution in [0.5, 0.6) is 0 Å². The first-order valence-electron chi connectivity index (χ1n) is 11.3. The quantitative estimate of drug-likeness (QED) is 0.306. The molecule has 0 saturated heterocycles. The fraction of sp³-hybridized carbons (Fsp3) is 0.296. The van der Waals surface area contributed by atoms with Crippen molar-refractivity contribution in [1.29, 1.82) is 0 Å². The van der Waals surface area contributed by atoms with E-state index in [2.05, 4.69) is 5.32 Å². The Labute approximate surface area is 216 Å². The van der Waals surface area contributed by atoms with E-state index in [0.29, 0.717) is 28.8 Å². The molecule has 0 heterocycles. The predicted octanol–water partition coefficient (Wildman–Crippen LogP) is 7.35. The fourth-order valence-corrected chi connectivity index (χ4v) is 4.54. The molecule has 0 aliphatic heterocycles.